The fourth-order valence-electron chi connectivity index (χ4n) is 2.24. The Morgan fingerprint density at radius 2 is 1.90 bits per heavy atom. The standard InChI is InChI=1S/C17H21BrN2/c1-2-10-19-17(11-14-6-4-3-5-7-14)12-16-9-8-15(18)13-20-16/h3-9,13,17,19H,2,10-12H2,1H3. The third-order valence-electron chi connectivity index (χ3n) is 3.25. The molecule has 0 saturated carbocycles. The third kappa shape index (κ3) is 5.06. The lowest BCUT2D eigenvalue weighted by Gasteiger charge is -2.18. The van der Waals surface area contributed by atoms with Gasteiger partial charge in [0.25, 0.3) is 0 Å². The summed E-state index contributed by atoms with van der Waals surface area (Å²) in [5, 5.41) is 3.63. The summed E-state index contributed by atoms with van der Waals surface area (Å²) in [5.41, 5.74) is 2.51. The summed E-state index contributed by atoms with van der Waals surface area (Å²) in [6.45, 7) is 3.25. The molecule has 0 aliphatic rings. The molecule has 1 N–H and O–H groups in total. The second kappa shape index (κ2) is 8.18. The quantitative estimate of drug-likeness (QED) is 0.828. The highest BCUT2D eigenvalue weighted by atomic mass is 79.9. The van der Waals surface area contributed by atoms with Crippen LogP contribution >= 0.6 is 15.9 Å². The van der Waals surface area contributed by atoms with Gasteiger partial charge in [0.2, 0.25) is 0 Å². The number of halogens is 1. The van der Waals surface area contributed by atoms with Gasteiger partial charge in [0.15, 0.2) is 0 Å². The maximum absolute atomic E-state index is 4.48. The first-order valence-electron chi connectivity index (χ1n) is 7.15. The van der Waals surface area contributed by atoms with Crippen molar-refractivity contribution in [2.45, 2.75) is 32.2 Å². The fourth-order valence-corrected chi connectivity index (χ4v) is 2.48. The molecule has 3 heteroatoms. The minimum absolute atomic E-state index is 0.436. The molecule has 0 spiro atoms. The predicted octanol–water partition coefficient (Wildman–Crippen LogP) is 4.00. The third-order valence-corrected chi connectivity index (χ3v) is 3.72. The van der Waals surface area contributed by atoms with Gasteiger partial charge in [-0.3, -0.25) is 4.98 Å². The maximum Gasteiger partial charge on any atom is 0.0420 e. The summed E-state index contributed by atoms with van der Waals surface area (Å²) in [4.78, 5) is 4.48. The summed E-state index contributed by atoms with van der Waals surface area (Å²) in [6.07, 6.45) is 5.02. The van der Waals surface area contributed by atoms with Gasteiger partial charge in [0.1, 0.15) is 0 Å². The Labute approximate surface area is 129 Å². The molecule has 20 heavy (non-hydrogen) atoms. The number of rotatable bonds is 7. The summed E-state index contributed by atoms with van der Waals surface area (Å²) >= 11 is 3.43. The molecule has 1 aromatic heterocycles. The van der Waals surface area contributed by atoms with E-state index < -0.39 is 0 Å². The van der Waals surface area contributed by atoms with Crippen LogP contribution in [-0.4, -0.2) is 17.6 Å². The van der Waals surface area contributed by atoms with Crippen molar-refractivity contribution in [2.75, 3.05) is 6.54 Å². The molecule has 0 fully saturated rings. The van der Waals surface area contributed by atoms with Crippen LogP contribution in [-0.2, 0) is 12.8 Å². The van der Waals surface area contributed by atoms with Gasteiger partial charge in [-0.25, -0.2) is 0 Å². The summed E-state index contributed by atoms with van der Waals surface area (Å²) in [6, 6.07) is 15.2. The molecule has 2 nitrogen and oxygen atoms in total. The molecule has 0 radical (unpaired) electrons. The first kappa shape index (κ1) is 15.2. The largest absolute Gasteiger partial charge is 0.313 e. The van der Waals surface area contributed by atoms with E-state index >= 15 is 0 Å². The van der Waals surface area contributed by atoms with Gasteiger partial charge in [0.05, 0.1) is 0 Å². The molecular formula is C17H21BrN2. The molecule has 0 aliphatic heterocycles. The second-order valence-corrected chi connectivity index (χ2v) is 5.93. The monoisotopic (exact) mass is 332 g/mol. The molecule has 0 saturated heterocycles. The molecule has 0 amide bonds. The first-order chi connectivity index (χ1) is 9.78. The van der Waals surface area contributed by atoms with E-state index in [1.165, 1.54) is 5.56 Å². The van der Waals surface area contributed by atoms with Crippen molar-refractivity contribution in [1.82, 2.24) is 10.3 Å². The lowest BCUT2D eigenvalue weighted by Crippen LogP contribution is -2.34. The number of nitrogens with one attached hydrogen (secondary N) is 1. The number of nitrogens with zero attached hydrogens (tertiary/aromatic N) is 1. The molecule has 1 unspecified atom stereocenters. The Morgan fingerprint density at radius 1 is 1.10 bits per heavy atom. The molecule has 1 atom stereocenters. The fraction of sp³-hybridized carbons (Fsp3) is 0.353. The molecule has 1 aromatic carbocycles. The Balaban J connectivity index is 2.01. The highest BCUT2D eigenvalue weighted by Gasteiger charge is 2.10. The van der Waals surface area contributed by atoms with Crippen molar-refractivity contribution in [1.29, 1.82) is 0 Å². The van der Waals surface area contributed by atoms with Crippen LogP contribution in [0.5, 0.6) is 0 Å². The SMILES string of the molecule is CCCNC(Cc1ccccc1)Cc1ccc(Br)cn1. The second-order valence-electron chi connectivity index (χ2n) is 5.01. The zero-order chi connectivity index (χ0) is 14.2. The molecule has 0 aliphatic carbocycles. The van der Waals surface area contributed by atoms with Crippen LogP contribution in [0.4, 0.5) is 0 Å². The van der Waals surface area contributed by atoms with Crippen LogP contribution in [0.3, 0.4) is 0 Å². The van der Waals surface area contributed by atoms with Crippen molar-refractivity contribution in [2.24, 2.45) is 0 Å². The molecule has 2 rings (SSSR count). The van der Waals surface area contributed by atoms with E-state index in [9.17, 15) is 0 Å². The predicted molar refractivity (Wildman–Crippen MR) is 87.9 cm³/mol. The zero-order valence-electron chi connectivity index (χ0n) is 11.8. The minimum Gasteiger partial charge on any atom is -0.313 e. The van der Waals surface area contributed by atoms with Gasteiger partial charge in [-0.05, 0) is 53.0 Å². The smallest absolute Gasteiger partial charge is 0.0420 e. The van der Waals surface area contributed by atoms with Gasteiger partial charge >= 0.3 is 0 Å². The van der Waals surface area contributed by atoms with E-state index in [-0.39, 0.29) is 0 Å². The van der Waals surface area contributed by atoms with Gasteiger partial charge in [-0.15, -0.1) is 0 Å². The van der Waals surface area contributed by atoms with Crippen LogP contribution in [0.25, 0.3) is 0 Å². The first-order valence-corrected chi connectivity index (χ1v) is 7.95. The molecular weight excluding hydrogens is 312 g/mol. The van der Waals surface area contributed by atoms with Gasteiger partial charge in [-0.1, -0.05) is 37.3 Å². The van der Waals surface area contributed by atoms with Gasteiger partial charge < -0.3 is 5.32 Å². The summed E-state index contributed by atoms with van der Waals surface area (Å²) in [5.74, 6) is 0. The van der Waals surface area contributed by atoms with Crippen LogP contribution in [0.2, 0.25) is 0 Å². The summed E-state index contributed by atoms with van der Waals surface area (Å²) < 4.78 is 1.03. The van der Waals surface area contributed by atoms with E-state index in [2.05, 4.69) is 75.6 Å². The van der Waals surface area contributed by atoms with Crippen molar-refractivity contribution >= 4 is 15.9 Å². The Hall–Kier alpha value is -1.19. The van der Waals surface area contributed by atoms with Crippen molar-refractivity contribution in [3.63, 3.8) is 0 Å². The number of hydrogen-bond donors (Lipinski definition) is 1. The maximum atomic E-state index is 4.48. The average molecular weight is 333 g/mol. The van der Waals surface area contributed by atoms with Crippen LogP contribution < -0.4 is 5.32 Å². The number of benzene rings is 1. The minimum atomic E-state index is 0.436. The average Bonchev–Trinajstić information content (AvgIpc) is 2.48. The number of aromatic nitrogens is 1. The van der Waals surface area contributed by atoms with E-state index in [1.54, 1.807) is 0 Å². The lowest BCUT2D eigenvalue weighted by atomic mass is 10.0. The van der Waals surface area contributed by atoms with E-state index in [1.807, 2.05) is 6.20 Å². The Morgan fingerprint density at radius 3 is 2.55 bits per heavy atom. The Kier molecular flexibility index (Phi) is 6.22. The Bertz CT molecular complexity index is 496. The van der Waals surface area contributed by atoms with Gasteiger partial charge in [-0.2, -0.15) is 0 Å². The molecule has 0 bridgehead atoms. The van der Waals surface area contributed by atoms with Crippen LogP contribution in [0.15, 0.2) is 53.1 Å². The normalized spacial score (nSPS) is 12.3. The zero-order valence-corrected chi connectivity index (χ0v) is 13.4. The van der Waals surface area contributed by atoms with Crippen LogP contribution in [0.1, 0.15) is 24.6 Å². The van der Waals surface area contributed by atoms with Crippen molar-refractivity contribution < 1.29 is 0 Å². The highest BCUT2D eigenvalue weighted by molar-refractivity contribution is 9.10. The number of hydrogen-bond acceptors (Lipinski definition) is 2. The highest BCUT2D eigenvalue weighted by Crippen LogP contribution is 2.11. The lowest BCUT2D eigenvalue weighted by molar-refractivity contribution is 0.500. The van der Waals surface area contributed by atoms with Crippen molar-refractivity contribution in [3.8, 4) is 0 Å². The van der Waals surface area contributed by atoms with Gasteiger partial charge in [0, 0.05) is 28.8 Å². The molecule has 106 valence electrons. The number of pyridine rings is 1. The topological polar surface area (TPSA) is 24.9 Å². The van der Waals surface area contributed by atoms with E-state index in [0.29, 0.717) is 6.04 Å². The van der Waals surface area contributed by atoms with E-state index in [0.717, 1.165) is 36.0 Å². The van der Waals surface area contributed by atoms with Crippen LogP contribution in [0, 0.1) is 0 Å². The molecule has 1 heterocycles. The molecule has 2 aromatic rings. The summed E-state index contributed by atoms with van der Waals surface area (Å²) in [7, 11) is 0. The van der Waals surface area contributed by atoms with E-state index in [4.69, 9.17) is 0 Å². The van der Waals surface area contributed by atoms with Crippen molar-refractivity contribution in [3.05, 3.63) is 64.4 Å².